The molecule has 0 radical (unpaired) electrons. The fourth-order valence-electron chi connectivity index (χ4n) is 3.60. The molecule has 2 aromatic heterocycles. The van der Waals surface area contributed by atoms with Crippen molar-refractivity contribution < 1.29 is 0 Å². The first-order valence-electron chi connectivity index (χ1n) is 10.4. The number of anilines is 2. The smallest absolute Gasteiger partial charge is 0.169 e. The number of fused-ring (bicyclic) bond motifs is 1. The Bertz CT molecular complexity index is 1170. The van der Waals surface area contributed by atoms with Crippen molar-refractivity contribution in [3.05, 3.63) is 53.7 Å². The number of aromatic nitrogens is 4. The maximum absolute atomic E-state index is 6.51. The molecule has 8 heteroatoms. The number of hydrogen-bond donors (Lipinski definition) is 3. The second kappa shape index (κ2) is 9.32. The van der Waals surface area contributed by atoms with Gasteiger partial charge in [-0.1, -0.05) is 55.8 Å². The summed E-state index contributed by atoms with van der Waals surface area (Å²) in [5, 5.41) is 11.9. The number of likely N-dealkylation sites (N-methyl/N-ethyl adjacent to an activating group) is 1. The van der Waals surface area contributed by atoms with Crippen LogP contribution in [0, 0.1) is 0 Å². The molecule has 0 aliphatic carbocycles. The predicted molar refractivity (Wildman–Crippen MR) is 128 cm³/mol. The maximum Gasteiger partial charge on any atom is 0.169 e. The lowest BCUT2D eigenvalue weighted by atomic mass is 10.0. The first-order valence-corrected chi connectivity index (χ1v) is 10.8. The Morgan fingerprint density at radius 2 is 1.77 bits per heavy atom. The van der Waals surface area contributed by atoms with Crippen molar-refractivity contribution >= 4 is 34.1 Å². The van der Waals surface area contributed by atoms with Crippen LogP contribution in [0.3, 0.4) is 0 Å². The summed E-state index contributed by atoms with van der Waals surface area (Å²) in [6.07, 6.45) is 1.75. The number of benzene rings is 2. The van der Waals surface area contributed by atoms with E-state index in [1.807, 2.05) is 42.5 Å². The minimum absolute atomic E-state index is 0.373. The van der Waals surface area contributed by atoms with Gasteiger partial charge in [-0.25, -0.2) is 9.97 Å². The minimum atomic E-state index is 0.373. The summed E-state index contributed by atoms with van der Waals surface area (Å²) in [4.78, 5) is 12.0. The number of hydrogen-bond acceptors (Lipinski definition) is 6. The highest BCUT2D eigenvalue weighted by atomic mass is 35.5. The lowest BCUT2D eigenvalue weighted by Gasteiger charge is -2.19. The van der Waals surface area contributed by atoms with E-state index in [0.29, 0.717) is 22.4 Å². The lowest BCUT2D eigenvalue weighted by molar-refractivity contribution is 0.316. The molecule has 2 aromatic carbocycles. The molecule has 0 amide bonds. The molecule has 0 unspecified atom stereocenters. The molecule has 0 saturated carbocycles. The summed E-state index contributed by atoms with van der Waals surface area (Å²) >= 11 is 6.51. The van der Waals surface area contributed by atoms with Crippen LogP contribution in [0.25, 0.3) is 33.4 Å². The summed E-state index contributed by atoms with van der Waals surface area (Å²) in [7, 11) is 0. The normalized spacial score (nSPS) is 11.4. The highest BCUT2D eigenvalue weighted by Gasteiger charge is 2.17. The zero-order chi connectivity index (χ0) is 21.8. The van der Waals surface area contributed by atoms with Crippen molar-refractivity contribution in [2.45, 2.75) is 13.8 Å². The molecule has 4 rings (SSSR count). The largest absolute Gasteiger partial charge is 0.381 e. The highest BCUT2D eigenvalue weighted by Crippen LogP contribution is 2.35. The number of aromatic amines is 1. The third-order valence-corrected chi connectivity index (χ3v) is 5.66. The molecule has 0 saturated heterocycles. The quantitative estimate of drug-likeness (QED) is 0.372. The number of nitrogens with one attached hydrogen (secondary N) is 2. The number of nitrogens with zero attached hydrogens (tertiary/aromatic N) is 4. The van der Waals surface area contributed by atoms with Crippen LogP contribution < -0.4 is 11.1 Å². The Balaban J connectivity index is 1.78. The van der Waals surface area contributed by atoms with E-state index in [2.05, 4.69) is 34.3 Å². The van der Waals surface area contributed by atoms with E-state index < -0.39 is 0 Å². The van der Waals surface area contributed by atoms with E-state index >= 15 is 0 Å². The van der Waals surface area contributed by atoms with Gasteiger partial charge in [-0.05, 0) is 25.2 Å². The fraction of sp³-hybridized carbons (Fsp3) is 0.261. The Hall–Kier alpha value is -3.16. The van der Waals surface area contributed by atoms with Gasteiger partial charge in [0.15, 0.2) is 11.6 Å². The molecule has 0 atom stereocenters. The molecular weight excluding hydrogens is 410 g/mol. The van der Waals surface area contributed by atoms with Gasteiger partial charge in [0.1, 0.15) is 0 Å². The van der Waals surface area contributed by atoms with Crippen molar-refractivity contribution in [2.75, 3.05) is 37.2 Å². The van der Waals surface area contributed by atoms with E-state index in [1.54, 1.807) is 6.20 Å². The number of halogens is 1. The molecule has 31 heavy (non-hydrogen) atoms. The molecular formula is C23H26ClN7. The summed E-state index contributed by atoms with van der Waals surface area (Å²) in [6, 6.07) is 13.8. The first-order chi connectivity index (χ1) is 15.1. The van der Waals surface area contributed by atoms with Crippen LogP contribution in [-0.2, 0) is 0 Å². The predicted octanol–water partition coefficient (Wildman–Crippen LogP) is 4.68. The summed E-state index contributed by atoms with van der Waals surface area (Å²) in [5.74, 6) is 0.947. The maximum atomic E-state index is 6.51. The van der Waals surface area contributed by atoms with E-state index in [0.717, 1.165) is 53.9 Å². The number of nitrogen functional groups attached to an aromatic ring is 1. The monoisotopic (exact) mass is 435 g/mol. The van der Waals surface area contributed by atoms with Gasteiger partial charge < -0.3 is 16.0 Å². The molecule has 160 valence electrons. The highest BCUT2D eigenvalue weighted by molar-refractivity contribution is 6.35. The van der Waals surface area contributed by atoms with E-state index in [1.165, 1.54) is 0 Å². The molecule has 4 aromatic rings. The topological polar surface area (TPSA) is 95.8 Å². The molecule has 7 nitrogen and oxygen atoms in total. The minimum Gasteiger partial charge on any atom is -0.381 e. The fourth-order valence-corrected chi connectivity index (χ4v) is 3.87. The molecule has 2 heterocycles. The summed E-state index contributed by atoms with van der Waals surface area (Å²) in [5.41, 5.74) is 10.3. The Kier molecular flexibility index (Phi) is 6.34. The molecule has 0 fully saturated rings. The standard InChI is InChI=1S/C23H26ClN7/c1-3-31(4-2)11-10-26-23-22(25)28-20(15-8-6-5-7-9-15)21(29-23)16-12-17-14-27-30-19(17)18(24)13-16/h5-9,12-14H,3-4,10-11H2,1-2H3,(H2,25,28)(H,26,29)(H,27,30). The zero-order valence-corrected chi connectivity index (χ0v) is 18.4. The van der Waals surface area contributed by atoms with Gasteiger partial charge in [0.25, 0.3) is 0 Å². The second-order valence-electron chi connectivity index (χ2n) is 7.27. The van der Waals surface area contributed by atoms with Crippen LogP contribution in [0.15, 0.2) is 48.7 Å². The zero-order valence-electron chi connectivity index (χ0n) is 17.7. The van der Waals surface area contributed by atoms with Crippen molar-refractivity contribution in [1.29, 1.82) is 0 Å². The Morgan fingerprint density at radius 1 is 1.03 bits per heavy atom. The molecule has 4 N–H and O–H groups in total. The molecule has 0 spiro atoms. The van der Waals surface area contributed by atoms with Gasteiger partial charge in [-0.3, -0.25) is 5.10 Å². The van der Waals surface area contributed by atoms with Gasteiger partial charge in [-0.2, -0.15) is 5.10 Å². The van der Waals surface area contributed by atoms with Gasteiger partial charge in [-0.15, -0.1) is 0 Å². The number of nitrogens with two attached hydrogens (primary N) is 1. The Labute approximate surface area is 186 Å². The lowest BCUT2D eigenvalue weighted by Crippen LogP contribution is -2.29. The van der Waals surface area contributed by atoms with Gasteiger partial charge in [0.2, 0.25) is 0 Å². The second-order valence-corrected chi connectivity index (χ2v) is 7.67. The van der Waals surface area contributed by atoms with E-state index in [9.17, 15) is 0 Å². The SMILES string of the molecule is CCN(CC)CCNc1nc(-c2cc(Cl)c3[nH]ncc3c2)c(-c2ccccc2)nc1N. The summed E-state index contributed by atoms with van der Waals surface area (Å²) in [6.45, 7) is 7.94. The van der Waals surface area contributed by atoms with Crippen LogP contribution in [0.5, 0.6) is 0 Å². The van der Waals surface area contributed by atoms with Crippen LogP contribution in [0.1, 0.15) is 13.8 Å². The molecule has 0 aliphatic rings. The van der Waals surface area contributed by atoms with Crippen molar-refractivity contribution in [3.63, 3.8) is 0 Å². The Morgan fingerprint density at radius 3 is 2.52 bits per heavy atom. The average Bonchev–Trinajstić information content (AvgIpc) is 3.27. The third kappa shape index (κ3) is 4.47. The summed E-state index contributed by atoms with van der Waals surface area (Å²) < 4.78 is 0. The van der Waals surface area contributed by atoms with Crippen molar-refractivity contribution in [2.24, 2.45) is 0 Å². The number of H-pyrrole nitrogens is 1. The van der Waals surface area contributed by atoms with E-state index in [4.69, 9.17) is 27.3 Å². The van der Waals surface area contributed by atoms with Gasteiger partial charge >= 0.3 is 0 Å². The van der Waals surface area contributed by atoms with Crippen LogP contribution in [0.2, 0.25) is 5.02 Å². The van der Waals surface area contributed by atoms with Gasteiger partial charge in [0.05, 0.1) is 28.1 Å². The molecule has 0 bridgehead atoms. The van der Waals surface area contributed by atoms with Crippen LogP contribution >= 0.6 is 11.6 Å². The average molecular weight is 436 g/mol. The van der Waals surface area contributed by atoms with Gasteiger partial charge in [0, 0.05) is 29.6 Å². The van der Waals surface area contributed by atoms with Crippen molar-refractivity contribution in [3.8, 4) is 22.5 Å². The third-order valence-electron chi connectivity index (χ3n) is 5.36. The van der Waals surface area contributed by atoms with Crippen molar-refractivity contribution in [1.82, 2.24) is 25.1 Å². The van der Waals surface area contributed by atoms with E-state index in [-0.39, 0.29) is 0 Å². The van der Waals surface area contributed by atoms with Crippen LogP contribution in [0.4, 0.5) is 11.6 Å². The van der Waals surface area contributed by atoms with Crippen LogP contribution in [-0.4, -0.2) is 51.2 Å². The first kappa shape index (κ1) is 21.1. The number of rotatable bonds is 8. The molecule has 0 aliphatic heterocycles.